The fourth-order valence-electron chi connectivity index (χ4n) is 1.24. The van der Waals surface area contributed by atoms with Crippen molar-refractivity contribution in [2.24, 2.45) is 0 Å². The lowest BCUT2D eigenvalue weighted by molar-refractivity contribution is 0.266. The van der Waals surface area contributed by atoms with Gasteiger partial charge in [-0.2, -0.15) is 0 Å². The molecule has 0 bridgehead atoms. The van der Waals surface area contributed by atoms with Crippen LogP contribution in [0, 0.1) is 0 Å². The first-order valence-corrected chi connectivity index (χ1v) is 4.62. The van der Waals surface area contributed by atoms with E-state index in [0.717, 1.165) is 18.5 Å². The lowest BCUT2D eigenvalue weighted by atomic mass is 10.2. The molecule has 0 atom stereocenters. The van der Waals surface area contributed by atoms with E-state index in [4.69, 9.17) is 16.7 Å². The van der Waals surface area contributed by atoms with Crippen molar-refractivity contribution in [2.45, 2.75) is 18.4 Å². The number of pyridine rings is 1. The molecule has 1 aliphatic carbocycles. The van der Waals surface area contributed by atoms with Gasteiger partial charge in [0, 0.05) is 12.4 Å². The summed E-state index contributed by atoms with van der Waals surface area (Å²) in [5.41, 5.74) is 0.730. The summed E-state index contributed by atoms with van der Waals surface area (Å²) in [5.74, 6) is 0. The maximum Gasteiger partial charge on any atom is 0.0820 e. The molecule has 0 radical (unpaired) electrons. The SMILES string of the molecule is OCC1(Nc2ccncc2Cl)CC1. The average molecular weight is 199 g/mol. The zero-order valence-corrected chi connectivity index (χ0v) is 7.88. The Kier molecular flexibility index (Phi) is 2.14. The minimum atomic E-state index is -0.120. The van der Waals surface area contributed by atoms with E-state index < -0.39 is 0 Å². The van der Waals surface area contributed by atoms with Gasteiger partial charge in [-0.05, 0) is 18.9 Å². The summed E-state index contributed by atoms with van der Waals surface area (Å²) in [4.78, 5) is 3.89. The molecule has 3 nitrogen and oxygen atoms in total. The Labute approximate surface area is 81.8 Å². The highest BCUT2D eigenvalue weighted by Crippen LogP contribution is 2.39. The molecule has 0 saturated heterocycles. The molecule has 0 aliphatic heterocycles. The van der Waals surface area contributed by atoms with Gasteiger partial charge in [0.05, 0.1) is 22.9 Å². The third kappa shape index (κ3) is 1.76. The van der Waals surface area contributed by atoms with E-state index in [1.165, 1.54) is 0 Å². The lowest BCUT2D eigenvalue weighted by Gasteiger charge is -2.16. The minimum absolute atomic E-state index is 0.120. The average Bonchev–Trinajstić information content (AvgIpc) is 2.90. The summed E-state index contributed by atoms with van der Waals surface area (Å²) in [5, 5.41) is 12.9. The van der Waals surface area contributed by atoms with Crippen molar-refractivity contribution in [1.82, 2.24) is 4.98 Å². The van der Waals surface area contributed by atoms with Crippen LogP contribution in [0.2, 0.25) is 5.02 Å². The molecular formula is C9H11ClN2O. The molecule has 2 rings (SSSR count). The highest BCUT2D eigenvalue weighted by atomic mass is 35.5. The van der Waals surface area contributed by atoms with Gasteiger partial charge in [-0.3, -0.25) is 4.98 Å². The van der Waals surface area contributed by atoms with E-state index in [1.807, 2.05) is 6.07 Å². The number of nitrogens with one attached hydrogen (secondary N) is 1. The van der Waals surface area contributed by atoms with Gasteiger partial charge in [-0.1, -0.05) is 11.6 Å². The molecule has 0 unspecified atom stereocenters. The standard InChI is InChI=1S/C9H11ClN2O/c10-7-5-11-4-1-8(7)12-9(6-13)2-3-9/h1,4-5,13H,2-3,6H2,(H,11,12). The molecule has 1 aliphatic rings. The summed E-state index contributed by atoms with van der Waals surface area (Å²) >= 11 is 5.91. The quantitative estimate of drug-likeness (QED) is 0.777. The van der Waals surface area contributed by atoms with E-state index in [1.54, 1.807) is 12.4 Å². The predicted molar refractivity (Wildman–Crippen MR) is 51.9 cm³/mol. The first-order chi connectivity index (χ1) is 6.26. The van der Waals surface area contributed by atoms with Crippen molar-refractivity contribution in [1.29, 1.82) is 0 Å². The molecule has 1 aromatic heterocycles. The predicted octanol–water partition coefficient (Wildman–Crippen LogP) is 1.67. The van der Waals surface area contributed by atoms with Crippen LogP contribution in [0.25, 0.3) is 0 Å². The molecule has 4 heteroatoms. The van der Waals surface area contributed by atoms with Gasteiger partial charge in [-0.15, -0.1) is 0 Å². The molecule has 1 heterocycles. The van der Waals surface area contributed by atoms with Crippen LogP contribution in [0.5, 0.6) is 0 Å². The maximum atomic E-state index is 9.09. The lowest BCUT2D eigenvalue weighted by Crippen LogP contribution is -2.25. The number of anilines is 1. The number of nitrogens with zero attached hydrogens (tertiary/aromatic N) is 1. The van der Waals surface area contributed by atoms with Crippen LogP contribution in [0.4, 0.5) is 5.69 Å². The zero-order valence-electron chi connectivity index (χ0n) is 7.13. The van der Waals surface area contributed by atoms with Crippen molar-refractivity contribution in [3.05, 3.63) is 23.5 Å². The van der Waals surface area contributed by atoms with E-state index in [-0.39, 0.29) is 12.1 Å². The van der Waals surface area contributed by atoms with Gasteiger partial charge >= 0.3 is 0 Å². The molecule has 70 valence electrons. The number of hydrogen-bond donors (Lipinski definition) is 2. The van der Waals surface area contributed by atoms with Crippen LogP contribution in [-0.4, -0.2) is 22.2 Å². The second kappa shape index (κ2) is 3.16. The maximum absolute atomic E-state index is 9.09. The zero-order chi connectivity index (χ0) is 9.31. The molecule has 0 aromatic carbocycles. The molecule has 1 saturated carbocycles. The Morgan fingerprint density at radius 3 is 2.92 bits per heavy atom. The van der Waals surface area contributed by atoms with Gasteiger partial charge in [0.15, 0.2) is 0 Å². The first kappa shape index (κ1) is 8.78. The second-order valence-electron chi connectivity index (χ2n) is 3.42. The summed E-state index contributed by atoms with van der Waals surface area (Å²) in [6.45, 7) is 0.158. The topological polar surface area (TPSA) is 45.1 Å². The van der Waals surface area contributed by atoms with E-state index in [0.29, 0.717) is 5.02 Å². The van der Waals surface area contributed by atoms with Crippen LogP contribution >= 0.6 is 11.6 Å². The third-order valence-corrected chi connectivity index (χ3v) is 2.63. The number of rotatable bonds is 3. The van der Waals surface area contributed by atoms with Crippen LogP contribution in [-0.2, 0) is 0 Å². The number of hydrogen-bond acceptors (Lipinski definition) is 3. The molecule has 0 amide bonds. The molecule has 0 spiro atoms. The molecule has 1 fully saturated rings. The molecule has 2 N–H and O–H groups in total. The molecule has 1 aromatic rings. The highest BCUT2D eigenvalue weighted by molar-refractivity contribution is 6.33. The van der Waals surface area contributed by atoms with E-state index in [2.05, 4.69) is 10.3 Å². The Morgan fingerprint density at radius 1 is 1.62 bits per heavy atom. The third-order valence-electron chi connectivity index (χ3n) is 2.33. The van der Waals surface area contributed by atoms with Gasteiger partial charge in [0.1, 0.15) is 0 Å². The van der Waals surface area contributed by atoms with Gasteiger partial charge in [-0.25, -0.2) is 0 Å². The number of halogens is 1. The largest absolute Gasteiger partial charge is 0.394 e. The van der Waals surface area contributed by atoms with Crippen LogP contribution in [0.15, 0.2) is 18.5 Å². The Hall–Kier alpha value is -0.800. The second-order valence-corrected chi connectivity index (χ2v) is 3.83. The Morgan fingerprint density at radius 2 is 2.38 bits per heavy atom. The van der Waals surface area contributed by atoms with Gasteiger partial charge in [0.2, 0.25) is 0 Å². The fourth-order valence-corrected chi connectivity index (χ4v) is 1.40. The summed E-state index contributed by atoms with van der Waals surface area (Å²) in [6, 6.07) is 1.82. The summed E-state index contributed by atoms with van der Waals surface area (Å²) in [6.07, 6.45) is 5.28. The van der Waals surface area contributed by atoms with Crippen LogP contribution in [0.3, 0.4) is 0 Å². The normalized spacial score (nSPS) is 18.3. The Balaban J connectivity index is 2.14. The van der Waals surface area contributed by atoms with Crippen molar-refractivity contribution in [3.63, 3.8) is 0 Å². The monoisotopic (exact) mass is 198 g/mol. The summed E-state index contributed by atoms with van der Waals surface area (Å²) in [7, 11) is 0. The number of aliphatic hydroxyl groups excluding tert-OH is 1. The van der Waals surface area contributed by atoms with E-state index in [9.17, 15) is 0 Å². The van der Waals surface area contributed by atoms with E-state index >= 15 is 0 Å². The van der Waals surface area contributed by atoms with Crippen molar-refractivity contribution in [3.8, 4) is 0 Å². The van der Waals surface area contributed by atoms with Crippen LogP contribution in [0.1, 0.15) is 12.8 Å². The van der Waals surface area contributed by atoms with Gasteiger partial charge < -0.3 is 10.4 Å². The van der Waals surface area contributed by atoms with Gasteiger partial charge in [0.25, 0.3) is 0 Å². The molecule has 13 heavy (non-hydrogen) atoms. The number of aromatic nitrogens is 1. The Bertz CT molecular complexity index is 312. The molecular weight excluding hydrogens is 188 g/mol. The minimum Gasteiger partial charge on any atom is -0.394 e. The first-order valence-electron chi connectivity index (χ1n) is 4.24. The summed E-state index contributed by atoms with van der Waals surface area (Å²) < 4.78 is 0. The van der Waals surface area contributed by atoms with Crippen molar-refractivity contribution in [2.75, 3.05) is 11.9 Å². The van der Waals surface area contributed by atoms with Crippen molar-refractivity contribution < 1.29 is 5.11 Å². The van der Waals surface area contributed by atoms with Crippen molar-refractivity contribution >= 4 is 17.3 Å². The fraction of sp³-hybridized carbons (Fsp3) is 0.444. The van der Waals surface area contributed by atoms with Crippen LogP contribution < -0.4 is 5.32 Å². The highest BCUT2D eigenvalue weighted by Gasteiger charge is 2.42. The smallest absolute Gasteiger partial charge is 0.0820 e. The number of aliphatic hydroxyl groups is 1.